The molecule has 0 unspecified atom stereocenters. The third-order valence-corrected chi connectivity index (χ3v) is 15.4. The van der Waals surface area contributed by atoms with E-state index < -0.39 is 84.8 Å². The monoisotopic (exact) mass is 724 g/mol. The van der Waals surface area contributed by atoms with Gasteiger partial charge in [-0.15, -0.1) is 0 Å². The number of hydrogen-bond donors (Lipinski definition) is 7. The topological polar surface area (TPSA) is 197 Å². The van der Waals surface area contributed by atoms with Crippen molar-refractivity contribution in [3.63, 3.8) is 0 Å². The fraction of sp³-hybridized carbons (Fsp3) is 0.947. The molecule has 0 bridgehead atoms. The Labute approximate surface area is 300 Å². The fourth-order valence-corrected chi connectivity index (χ4v) is 12.4. The number of fused-ring (bicyclic) bond motifs is 7. The van der Waals surface area contributed by atoms with Crippen LogP contribution in [0.5, 0.6) is 0 Å². The summed E-state index contributed by atoms with van der Waals surface area (Å²) >= 11 is 0. The zero-order valence-corrected chi connectivity index (χ0v) is 30.5. The molecular formula is C38H60O13. The summed E-state index contributed by atoms with van der Waals surface area (Å²) in [6, 6.07) is 0. The predicted molar refractivity (Wildman–Crippen MR) is 178 cm³/mol. The smallest absolute Gasteiger partial charge is 0.187 e. The van der Waals surface area contributed by atoms with Crippen LogP contribution < -0.4 is 0 Å². The molecule has 0 aromatic heterocycles. The van der Waals surface area contributed by atoms with Crippen LogP contribution in [0.3, 0.4) is 0 Å². The molecule has 4 heterocycles. The lowest BCUT2D eigenvalue weighted by atomic mass is 9.46. The summed E-state index contributed by atoms with van der Waals surface area (Å²) in [4.78, 5) is 0. The Morgan fingerprint density at radius 3 is 2.33 bits per heavy atom. The van der Waals surface area contributed by atoms with Gasteiger partial charge in [-0.25, -0.2) is 0 Å². The van der Waals surface area contributed by atoms with Gasteiger partial charge in [-0.1, -0.05) is 39.3 Å². The molecule has 22 atom stereocenters. The maximum Gasteiger partial charge on any atom is 0.187 e. The molecular weight excluding hydrogens is 664 g/mol. The minimum atomic E-state index is -1.62. The third kappa shape index (κ3) is 5.66. The number of aliphatic hydroxyl groups is 7. The quantitative estimate of drug-likeness (QED) is 0.203. The number of ether oxygens (including phenoxy) is 6. The average Bonchev–Trinajstić information content (AvgIpc) is 3.53. The Morgan fingerprint density at radius 2 is 1.59 bits per heavy atom. The van der Waals surface area contributed by atoms with E-state index in [1.165, 1.54) is 12.5 Å². The first-order valence-electron chi connectivity index (χ1n) is 19.4. The van der Waals surface area contributed by atoms with Crippen LogP contribution in [0.1, 0.15) is 79.6 Å². The van der Waals surface area contributed by atoms with Crippen molar-refractivity contribution >= 4 is 0 Å². The van der Waals surface area contributed by atoms with Gasteiger partial charge in [0, 0.05) is 30.1 Å². The van der Waals surface area contributed by atoms with Gasteiger partial charge in [0.25, 0.3) is 0 Å². The van der Waals surface area contributed by atoms with Gasteiger partial charge in [-0.05, 0) is 68.1 Å². The minimum absolute atomic E-state index is 0.0418. The van der Waals surface area contributed by atoms with Crippen LogP contribution in [0, 0.1) is 46.3 Å². The Kier molecular flexibility index (Phi) is 9.60. The highest BCUT2D eigenvalue weighted by Gasteiger charge is 2.70. The summed E-state index contributed by atoms with van der Waals surface area (Å²) < 4.78 is 37.8. The van der Waals surface area contributed by atoms with Gasteiger partial charge < -0.3 is 64.2 Å². The molecule has 3 saturated carbocycles. The molecule has 8 rings (SSSR count). The van der Waals surface area contributed by atoms with E-state index >= 15 is 0 Å². The van der Waals surface area contributed by atoms with E-state index in [0.717, 1.165) is 25.7 Å². The van der Waals surface area contributed by atoms with E-state index in [2.05, 4.69) is 26.8 Å². The van der Waals surface area contributed by atoms with E-state index in [1.807, 2.05) is 6.92 Å². The van der Waals surface area contributed by atoms with Crippen LogP contribution in [-0.2, 0) is 28.4 Å². The number of aliphatic hydroxyl groups excluding tert-OH is 7. The average molecular weight is 725 g/mol. The molecule has 4 aliphatic carbocycles. The molecule has 7 fully saturated rings. The SMILES string of the molecule is C[C@@H]1O[C@@H](O[C@H]2[C@@H](O[C@@H]3C[C@H](O)CC4=CC[C@H]5[C@@H]6C[C@@H]7O[C@]8(C[C@H](O)[C@@H](C)CO8)[C@@H](C)[C@@H]7[C@@]6(C)CC[C@@H]5[C@]43C)OC[C@@H](O)[C@H]2O)[C@H](O)[C@@H](O)[C@H]1O. The molecule has 13 nitrogen and oxygen atoms in total. The molecule has 0 aromatic rings. The van der Waals surface area contributed by atoms with Gasteiger partial charge in [-0.2, -0.15) is 0 Å². The van der Waals surface area contributed by atoms with E-state index in [-0.39, 0.29) is 35.9 Å². The molecule has 51 heavy (non-hydrogen) atoms. The predicted octanol–water partition coefficient (Wildman–Crippen LogP) is 0.971. The maximum atomic E-state index is 11.1. The molecule has 290 valence electrons. The molecule has 0 radical (unpaired) electrons. The summed E-state index contributed by atoms with van der Waals surface area (Å²) in [7, 11) is 0. The van der Waals surface area contributed by atoms with Gasteiger partial charge in [0.2, 0.25) is 0 Å². The molecule has 13 heteroatoms. The maximum absolute atomic E-state index is 11.1. The van der Waals surface area contributed by atoms with Crippen molar-refractivity contribution in [1.29, 1.82) is 0 Å². The van der Waals surface area contributed by atoms with Crippen molar-refractivity contribution in [1.82, 2.24) is 0 Å². The normalized spacial score (nSPS) is 59.8. The van der Waals surface area contributed by atoms with Crippen molar-refractivity contribution in [2.75, 3.05) is 13.2 Å². The zero-order valence-electron chi connectivity index (χ0n) is 30.5. The van der Waals surface area contributed by atoms with Gasteiger partial charge in [0.1, 0.15) is 36.6 Å². The molecule has 4 aliphatic heterocycles. The van der Waals surface area contributed by atoms with Gasteiger partial charge in [-0.3, -0.25) is 0 Å². The van der Waals surface area contributed by atoms with Crippen molar-refractivity contribution in [3.05, 3.63) is 11.6 Å². The second kappa shape index (κ2) is 13.2. The van der Waals surface area contributed by atoms with E-state index in [4.69, 9.17) is 28.4 Å². The lowest BCUT2D eigenvalue weighted by Gasteiger charge is -2.60. The largest absolute Gasteiger partial charge is 0.393 e. The van der Waals surface area contributed by atoms with Gasteiger partial charge in [0.05, 0.1) is 43.7 Å². The van der Waals surface area contributed by atoms with Gasteiger partial charge in [0.15, 0.2) is 18.4 Å². The summed E-state index contributed by atoms with van der Waals surface area (Å²) in [5.41, 5.74) is 0.759. The van der Waals surface area contributed by atoms with Crippen LogP contribution in [0.25, 0.3) is 0 Å². The molecule has 4 saturated heterocycles. The standard InChI is InChI=1S/C38H60O13/c1-16-14-47-38(13-24(16)40)17(2)28-26(51-38)12-23-21-7-6-19-10-20(39)11-27(37(19,5)22(21)8-9-36(23,28)4)49-35-33(30(43)25(41)15-46-35)50-34-32(45)31(44)29(42)18(3)48-34/h6,16-18,20-35,39-45H,7-15H2,1-5H3/t16-,17-,18-,20+,21+,22-,23-,24-,25+,26-,27+,28-,29-,30+,31-,32+,33+,34-,35+,36-,37-,38+/m0/s1. The highest BCUT2D eigenvalue weighted by molar-refractivity contribution is 5.29. The Bertz CT molecular complexity index is 1330. The molecule has 8 aliphatic rings. The Hall–Kier alpha value is -0.780. The summed E-state index contributed by atoms with van der Waals surface area (Å²) in [6.45, 7) is 10.8. The third-order valence-electron chi connectivity index (χ3n) is 15.4. The van der Waals surface area contributed by atoms with Crippen LogP contribution in [-0.4, -0.2) is 134 Å². The number of rotatable bonds is 4. The molecule has 1 spiro atoms. The molecule has 0 aromatic carbocycles. The highest BCUT2D eigenvalue weighted by atomic mass is 16.8. The highest BCUT2D eigenvalue weighted by Crippen LogP contribution is 2.71. The second-order valence-corrected chi connectivity index (χ2v) is 18.0. The number of allylic oxidation sites excluding steroid dienone is 1. The van der Waals surface area contributed by atoms with E-state index in [9.17, 15) is 35.7 Å². The van der Waals surface area contributed by atoms with E-state index in [1.54, 1.807) is 0 Å². The van der Waals surface area contributed by atoms with E-state index in [0.29, 0.717) is 43.6 Å². The van der Waals surface area contributed by atoms with Crippen molar-refractivity contribution in [3.8, 4) is 0 Å². The van der Waals surface area contributed by atoms with Crippen molar-refractivity contribution in [2.24, 2.45) is 46.3 Å². The fourth-order valence-electron chi connectivity index (χ4n) is 12.4. The summed E-state index contributed by atoms with van der Waals surface area (Å²) in [5, 5.41) is 75.0. The Balaban J connectivity index is 1.04. The first-order chi connectivity index (χ1) is 24.1. The first kappa shape index (κ1) is 37.2. The van der Waals surface area contributed by atoms with Crippen LogP contribution >= 0.6 is 0 Å². The summed E-state index contributed by atoms with van der Waals surface area (Å²) in [6.07, 6.45) is -5.94. The molecule has 7 N–H and O–H groups in total. The zero-order chi connectivity index (χ0) is 36.4. The van der Waals surface area contributed by atoms with Crippen LogP contribution in [0.2, 0.25) is 0 Å². The lowest BCUT2D eigenvalue weighted by Crippen LogP contribution is -2.63. The number of hydrogen-bond acceptors (Lipinski definition) is 13. The molecule has 0 amide bonds. The van der Waals surface area contributed by atoms with Crippen molar-refractivity contribution < 1.29 is 64.2 Å². The lowest BCUT2D eigenvalue weighted by molar-refractivity contribution is -0.362. The minimum Gasteiger partial charge on any atom is -0.393 e. The van der Waals surface area contributed by atoms with Crippen LogP contribution in [0.4, 0.5) is 0 Å². The Morgan fingerprint density at radius 1 is 0.824 bits per heavy atom. The second-order valence-electron chi connectivity index (χ2n) is 18.0. The first-order valence-corrected chi connectivity index (χ1v) is 19.4. The summed E-state index contributed by atoms with van der Waals surface area (Å²) in [5.74, 6) is 0.859. The van der Waals surface area contributed by atoms with Crippen molar-refractivity contribution in [2.45, 2.75) is 165 Å². The van der Waals surface area contributed by atoms with Gasteiger partial charge >= 0.3 is 0 Å². The van der Waals surface area contributed by atoms with Crippen LogP contribution in [0.15, 0.2) is 11.6 Å².